The van der Waals surface area contributed by atoms with Gasteiger partial charge in [0.1, 0.15) is 5.82 Å². The predicted octanol–water partition coefficient (Wildman–Crippen LogP) is 0.987. The molecule has 0 aliphatic carbocycles. The summed E-state index contributed by atoms with van der Waals surface area (Å²) >= 11 is 0. The van der Waals surface area contributed by atoms with Gasteiger partial charge in [-0.05, 0) is 19.1 Å². The van der Waals surface area contributed by atoms with Crippen LogP contribution in [0.1, 0.15) is 12.0 Å². The Morgan fingerprint density at radius 3 is 2.88 bits per heavy atom. The molecular weight excluding hydrogens is 223 g/mol. The highest BCUT2D eigenvalue weighted by Crippen LogP contribution is 2.23. The van der Waals surface area contributed by atoms with Crippen molar-refractivity contribution in [3.63, 3.8) is 0 Å². The molecule has 1 aliphatic heterocycles. The molecule has 1 heterocycles. The van der Waals surface area contributed by atoms with Crippen molar-refractivity contribution in [2.45, 2.75) is 13.3 Å². The molecule has 17 heavy (non-hydrogen) atoms. The minimum atomic E-state index is -0.348. The van der Waals surface area contributed by atoms with E-state index in [-0.39, 0.29) is 37.1 Å². The first-order chi connectivity index (χ1) is 8.09. The van der Waals surface area contributed by atoms with Crippen molar-refractivity contribution in [3.05, 3.63) is 29.6 Å². The number of carbonyl (C=O) groups excluding carboxylic acids is 2. The maximum Gasteiger partial charge on any atom is 0.246 e. The lowest BCUT2D eigenvalue weighted by atomic mass is 10.1. The molecule has 90 valence electrons. The molecule has 1 aromatic carbocycles. The van der Waals surface area contributed by atoms with Crippen LogP contribution in [-0.2, 0) is 9.59 Å². The van der Waals surface area contributed by atoms with Crippen LogP contribution in [0.25, 0.3) is 0 Å². The summed E-state index contributed by atoms with van der Waals surface area (Å²) in [7, 11) is 0. The Morgan fingerprint density at radius 1 is 1.35 bits per heavy atom. The van der Waals surface area contributed by atoms with E-state index in [4.69, 9.17) is 0 Å². The van der Waals surface area contributed by atoms with Gasteiger partial charge in [-0.2, -0.15) is 0 Å². The number of carbonyl (C=O) groups is 2. The van der Waals surface area contributed by atoms with Crippen molar-refractivity contribution in [2.75, 3.05) is 18.0 Å². The lowest BCUT2D eigenvalue weighted by molar-refractivity contribution is -0.123. The molecular formula is C12H13FN2O2. The highest BCUT2D eigenvalue weighted by molar-refractivity contribution is 5.99. The molecule has 1 aromatic rings. The van der Waals surface area contributed by atoms with Crippen LogP contribution < -0.4 is 10.2 Å². The molecule has 2 amide bonds. The number of rotatable bonds is 1. The second-order valence-electron chi connectivity index (χ2n) is 3.96. The summed E-state index contributed by atoms with van der Waals surface area (Å²) in [5.74, 6) is -0.724. The summed E-state index contributed by atoms with van der Waals surface area (Å²) in [4.78, 5) is 24.5. The second kappa shape index (κ2) is 4.53. The molecule has 0 bridgehead atoms. The largest absolute Gasteiger partial charge is 0.347 e. The van der Waals surface area contributed by atoms with E-state index in [1.54, 1.807) is 19.1 Å². The lowest BCUT2D eigenvalue weighted by Gasteiger charge is -2.22. The summed E-state index contributed by atoms with van der Waals surface area (Å²) in [6.45, 7) is 1.88. The quantitative estimate of drug-likeness (QED) is 0.790. The van der Waals surface area contributed by atoms with Crippen molar-refractivity contribution in [3.8, 4) is 0 Å². The average Bonchev–Trinajstić information content (AvgIpc) is 2.46. The van der Waals surface area contributed by atoms with E-state index >= 15 is 0 Å². The Morgan fingerprint density at radius 2 is 2.12 bits per heavy atom. The van der Waals surface area contributed by atoms with Gasteiger partial charge in [-0.15, -0.1) is 0 Å². The summed E-state index contributed by atoms with van der Waals surface area (Å²) in [6.07, 6.45) is 0.238. The van der Waals surface area contributed by atoms with Gasteiger partial charge < -0.3 is 10.2 Å². The Kier molecular flexibility index (Phi) is 3.08. The number of benzene rings is 1. The Hall–Kier alpha value is -1.91. The standard InChI is InChI=1S/C12H13FN2O2/c1-8-9(13)3-2-4-10(8)15-6-5-11(16)14-7-12(15)17/h2-4H,5-7H2,1H3,(H,14,16). The van der Waals surface area contributed by atoms with E-state index in [2.05, 4.69) is 5.32 Å². The number of nitrogens with one attached hydrogen (secondary N) is 1. The molecule has 5 heteroatoms. The third-order valence-electron chi connectivity index (χ3n) is 2.83. The minimum absolute atomic E-state index is 0.0329. The van der Waals surface area contributed by atoms with E-state index in [0.717, 1.165) is 0 Å². The molecule has 0 atom stereocenters. The van der Waals surface area contributed by atoms with Crippen molar-refractivity contribution in [1.29, 1.82) is 0 Å². The van der Waals surface area contributed by atoms with Crippen LogP contribution in [-0.4, -0.2) is 24.9 Å². The van der Waals surface area contributed by atoms with Crippen molar-refractivity contribution >= 4 is 17.5 Å². The number of amides is 2. The summed E-state index contributed by atoms with van der Waals surface area (Å²) in [5, 5.41) is 2.50. The van der Waals surface area contributed by atoms with E-state index in [1.165, 1.54) is 11.0 Å². The maximum absolute atomic E-state index is 13.4. The number of hydrogen-bond acceptors (Lipinski definition) is 2. The van der Waals surface area contributed by atoms with Crippen LogP contribution in [0.2, 0.25) is 0 Å². The first-order valence-electron chi connectivity index (χ1n) is 5.42. The monoisotopic (exact) mass is 236 g/mol. The zero-order valence-corrected chi connectivity index (χ0v) is 9.50. The van der Waals surface area contributed by atoms with Crippen LogP contribution in [0.3, 0.4) is 0 Å². The van der Waals surface area contributed by atoms with Gasteiger partial charge in [0, 0.05) is 24.2 Å². The summed E-state index contributed by atoms with van der Waals surface area (Å²) in [6, 6.07) is 4.60. The Balaban J connectivity index is 2.34. The van der Waals surface area contributed by atoms with Gasteiger partial charge in [-0.25, -0.2) is 4.39 Å². The van der Waals surface area contributed by atoms with Crippen molar-refractivity contribution in [2.24, 2.45) is 0 Å². The second-order valence-corrected chi connectivity index (χ2v) is 3.96. The number of nitrogens with zero attached hydrogens (tertiary/aromatic N) is 1. The molecule has 0 saturated carbocycles. The first-order valence-corrected chi connectivity index (χ1v) is 5.42. The van der Waals surface area contributed by atoms with E-state index in [1.807, 2.05) is 0 Å². The fourth-order valence-corrected chi connectivity index (χ4v) is 1.84. The third kappa shape index (κ3) is 2.27. The SMILES string of the molecule is Cc1c(F)cccc1N1CCC(=O)NCC1=O. The van der Waals surface area contributed by atoms with Crippen LogP contribution >= 0.6 is 0 Å². The molecule has 2 rings (SSSR count). The number of hydrogen-bond donors (Lipinski definition) is 1. The Bertz CT molecular complexity index is 474. The fraction of sp³-hybridized carbons (Fsp3) is 0.333. The molecule has 1 fully saturated rings. The van der Waals surface area contributed by atoms with Gasteiger partial charge >= 0.3 is 0 Å². The van der Waals surface area contributed by atoms with Crippen LogP contribution in [0.4, 0.5) is 10.1 Å². The zero-order chi connectivity index (χ0) is 12.4. The molecule has 0 radical (unpaired) electrons. The first kappa shape index (κ1) is 11.6. The third-order valence-corrected chi connectivity index (χ3v) is 2.83. The van der Waals surface area contributed by atoms with Crippen molar-refractivity contribution in [1.82, 2.24) is 5.32 Å². The minimum Gasteiger partial charge on any atom is -0.347 e. The molecule has 0 aromatic heterocycles. The number of halogens is 1. The lowest BCUT2D eigenvalue weighted by Crippen LogP contribution is -2.35. The molecule has 4 nitrogen and oxygen atoms in total. The van der Waals surface area contributed by atoms with Crippen LogP contribution in [0, 0.1) is 12.7 Å². The fourth-order valence-electron chi connectivity index (χ4n) is 1.84. The Labute approximate surface area is 98.4 Å². The highest BCUT2D eigenvalue weighted by Gasteiger charge is 2.23. The molecule has 1 aliphatic rings. The smallest absolute Gasteiger partial charge is 0.246 e. The van der Waals surface area contributed by atoms with Gasteiger partial charge in [0.15, 0.2) is 0 Å². The van der Waals surface area contributed by atoms with Crippen LogP contribution in [0.5, 0.6) is 0 Å². The predicted molar refractivity (Wildman–Crippen MR) is 61.1 cm³/mol. The van der Waals surface area contributed by atoms with Gasteiger partial charge in [0.05, 0.1) is 6.54 Å². The summed E-state index contributed by atoms with van der Waals surface area (Å²) < 4.78 is 13.4. The van der Waals surface area contributed by atoms with Crippen LogP contribution in [0.15, 0.2) is 18.2 Å². The van der Waals surface area contributed by atoms with E-state index < -0.39 is 0 Å². The van der Waals surface area contributed by atoms with E-state index in [9.17, 15) is 14.0 Å². The van der Waals surface area contributed by atoms with Gasteiger partial charge in [0.2, 0.25) is 11.8 Å². The molecule has 1 saturated heterocycles. The normalized spacial score (nSPS) is 16.7. The van der Waals surface area contributed by atoms with Gasteiger partial charge in [-0.1, -0.05) is 6.07 Å². The molecule has 1 N–H and O–H groups in total. The average molecular weight is 236 g/mol. The topological polar surface area (TPSA) is 49.4 Å². The zero-order valence-electron chi connectivity index (χ0n) is 9.50. The summed E-state index contributed by atoms with van der Waals surface area (Å²) in [5.41, 5.74) is 0.960. The maximum atomic E-state index is 13.4. The van der Waals surface area contributed by atoms with Crippen molar-refractivity contribution < 1.29 is 14.0 Å². The van der Waals surface area contributed by atoms with Gasteiger partial charge in [-0.3, -0.25) is 9.59 Å². The van der Waals surface area contributed by atoms with Gasteiger partial charge in [0.25, 0.3) is 0 Å². The molecule has 0 spiro atoms. The number of anilines is 1. The van der Waals surface area contributed by atoms with E-state index in [0.29, 0.717) is 11.3 Å². The highest BCUT2D eigenvalue weighted by atomic mass is 19.1. The molecule has 0 unspecified atom stereocenters.